The first-order valence-corrected chi connectivity index (χ1v) is 14.4. The van der Waals surface area contributed by atoms with E-state index in [0.29, 0.717) is 18.5 Å². The first-order valence-electron chi connectivity index (χ1n) is 14.4. The number of fused-ring (bicyclic) bond motifs is 4. The van der Waals surface area contributed by atoms with Gasteiger partial charge in [0, 0.05) is 63.3 Å². The van der Waals surface area contributed by atoms with Crippen LogP contribution >= 0.6 is 0 Å². The molecule has 3 aliphatic heterocycles. The van der Waals surface area contributed by atoms with E-state index in [4.69, 9.17) is 4.98 Å². The normalized spacial score (nSPS) is 24.0. The summed E-state index contributed by atoms with van der Waals surface area (Å²) in [5.41, 5.74) is 2.09. The first kappa shape index (κ1) is 25.2. The Balaban J connectivity index is 1.15. The Morgan fingerprint density at radius 2 is 1.92 bits per heavy atom. The van der Waals surface area contributed by atoms with Crippen molar-refractivity contribution in [2.75, 3.05) is 42.9 Å². The van der Waals surface area contributed by atoms with E-state index in [2.05, 4.69) is 55.2 Å². The van der Waals surface area contributed by atoms with E-state index in [1.54, 1.807) is 0 Å². The average Bonchev–Trinajstić information content (AvgIpc) is 2.96. The number of pyridine rings is 1. The SMILES string of the molecule is CCC(C)N1CCN(Cc2ccc(Nc3ncc4c(n3)N3C(C=C4)C(=O)NCC34CCCCC4)nc2)CC1. The van der Waals surface area contributed by atoms with Gasteiger partial charge in [-0.1, -0.05) is 44.4 Å². The third-order valence-electron chi connectivity index (χ3n) is 9.01. The van der Waals surface area contributed by atoms with Gasteiger partial charge in [-0.25, -0.2) is 9.97 Å². The van der Waals surface area contributed by atoms with Gasteiger partial charge in [-0.05, 0) is 37.8 Å². The minimum atomic E-state index is -0.318. The van der Waals surface area contributed by atoms with Gasteiger partial charge in [0.15, 0.2) is 0 Å². The number of aromatic nitrogens is 3. The molecule has 0 aromatic carbocycles. The molecule has 2 unspecified atom stereocenters. The Bertz CT molecular complexity index is 1170. The lowest BCUT2D eigenvalue weighted by Gasteiger charge is -2.54. The average molecular weight is 517 g/mol. The zero-order chi connectivity index (χ0) is 26.1. The molecule has 202 valence electrons. The van der Waals surface area contributed by atoms with E-state index in [1.165, 1.54) is 31.2 Å². The highest BCUT2D eigenvalue weighted by molar-refractivity contribution is 5.93. The quantitative estimate of drug-likeness (QED) is 0.603. The maximum Gasteiger partial charge on any atom is 0.246 e. The molecule has 4 aliphatic rings. The minimum Gasteiger partial charge on any atom is -0.352 e. The molecule has 2 atom stereocenters. The van der Waals surface area contributed by atoms with Crippen LogP contribution in [0.5, 0.6) is 0 Å². The van der Waals surface area contributed by atoms with Crippen molar-refractivity contribution in [3.05, 3.63) is 41.7 Å². The molecular weight excluding hydrogens is 476 g/mol. The van der Waals surface area contributed by atoms with Crippen LogP contribution in [0.4, 0.5) is 17.6 Å². The summed E-state index contributed by atoms with van der Waals surface area (Å²) in [6, 6.07) is 4.49. The Labute approximate surface area is 225 Å². The molecule has 2 saturated heterocycles. The van der Waals surface area contributed by atoms with Gasteiger partial charge < -0.3 is 15.5 Å². The van der Waals surface area contributed by atoms with Crippen LogP contribution in [0.1, 0.15) is 63.5 Å². The lowest BCUT2D eigenvalue weighted by Crippen LogP contribution is -2.69. The largest absolute Gasteiger partial charge is 0.352 e. The lowest BCUT2D eigenvalue weighted by atomic mass is 9.77. The number of piperazine rings is 2. The number of nitrogens with one attached hydrogen (secondary N) is 2. The summed E-state index contributed by atoms with van der Waals surface area (Å²) < 4.78 is 0. The van der Waals surface area contributed by atoms with Gasteiger partial charge >= 0.3 is 0 Å². The molecule has 1 saturated carbocycles. The van der Waals surface area contributed by atoms with Gasteiger partial charge in [0.05, 0.1) is 5.54 Å². The van der Waals surface area contributed by atoms with Crippen LogP contribution in [0.2, 0.25) is 0 Å². The summed E-state index contributed by atoms with van der Waals surface area (Å²) >= 11 is 0. The van der Waals surface area contributed by atoms with Gasteiger partial charge in [-0.2, -0.15) is 4.98 Å². The van der Waals surface area contributed by atoms with Gasteiger partial charge in [-0.3, -0.25) is 14.6 Å². The number of carbonyl (C=O) groups is 1. The van der Waals surface area contributed by atoms with Crippen molar-refractivity contribution >= 4 is 29.6 Å². The molecule has 2 aromatic heterocycles. The smallest absolute Gasteiger partial charge is 0.246 e. The van der Waals surface area contributed by atoms with Crippen molar-refractivity contribution in [1.29, 1.82) is 0 Å². The predicted octanol–water partition coefficient (Wildman–Crippen LogP) is 3.57. The first-order chi connectivity index (χ1) is 18.5. The summed E-state index contributed by atoms with van der Waals surface area (Å²) in [4.78, 5) is 34.3. The summed E-state index contributed by atoms with van der Waals surface area (Å²) in [5, 5.41) is 6.47. The fraction of sp³-hybridized carbons (Fsp3) is 0.586. The third kappa shape index (κ3) is 4.89. The van der Waals surface area contributed by atoms with Gasteiger partial charge in [-0.15, -0.1) is 0 Å². The van der Waals surface area contributed by atoms with Crippen LogP contribution < -0.4 is 15.5 Å². The van der Waals surface area contributed by atoms with Crippen molar-refractivity contribution in [2.45, 2.75) is 76.5 Å². The second-order valence-electron chi connectivity index (χ2n) is 11.4. The minimum absolute atomic E-state index is 0.0507. The van der Waals surface area contributed by atoms with Crippen molar-refractivity contribution in [2.24, 2.45) is 0 Å². The lowest BCUT2D eigenvalue weighted by molar-refractivity contribution is -0.123. The summed E-state index contributed by atoms with van der Waals surface area (Å²) in [6.07, 6.45) is 14.7. The Hall–Kier alpha value is -3.04. The Morgan fingerprint density at radius 3 is 2.66 bits per heavy atom. The van der Waals surface area contributed by atoms with E-state index >= 15 is 0 Å². The molecule has 1 spiro atoms. The van der Waals surface area contributed by atoms with Crippen molar-refractivity contribution in [3.63, 3.8) is 0 Å². The topological polar surface area (TPSA) is 89.5 Å². The predicted molar refractivity (Wildman–Crippen MR) is 150 cm³/mol. The highest BCUT2D eigenvalue weighted by Crippen LogP contribution is 2.42. The standard InChI is InChI=1S/C29H40N8O/c1-3-21(2)36-15-13-35(14-16-36)19-22-7-10-25(30-17-22)33-28-31-18-23-8-9-24-27(38)32-20-29(11-5-4-6-12-29)37(24)26(23)34-28/h7-10,17-18,21,24H,3-6,11-16,19-20H2,1-2H3,(H,32,38)(H,30,31,33,34). The third-order valence-corrected chi connectivity index (χ3v) is 9.01. The molecule has 2 N–H and O–H groups in total. The van der Waals surface area contributed by atoms with Crippen molar-refractivity contribution in [1.82, 2.24) is 30.1 Å². The van der Waals surface area contributed by atoms with Crippen molar-refractivity contribution in [3.8, 4) is 0 Å². The molecule has 9 nitrogen and oxygen atoms in total. The molecule has 3 fully saturated rings. The Morgan fingerprint density at radius 1 is 1.11 bits per heavy atom. The van der Waals surface area contributed by atoms with Gasteiger partial charge in [0.2, 0.25) is 11.9 Å². The number of hydrogen-bond acceptors (Lipinski definition) is 8. The summed E-state index contributed by atoms with van der Waals surface area (Å²) in [5.74, 6) is 2.13. The molecule has 6 rings (SSSR count). The summed E-state index contributed by atoms with van der Waals surface area (Å²) in [7, 11) is 0. The van der Waals surface area contributed by atoms with Crippen LogP contribution in [-0.4, -0.2) is 81.0 Å². The number of nitrogens with zero attached hydrogens (tertiary/aromatic N) is 6. The fourth-order valence-corrected chi connectivity index (χ4v) is 6.54. The molecule has 0 radical (unpaired) electrons. The van der Waals surface area contributed by atoms with Crippen LogP contribution in [0.25, 0.3) is 6.08 Å². The monoisotopic (exact) mass is 516 g/mol. The highest BCUT2D eigenvalue weighted by atomic mass is 16.2. The van der Waals surface area contributed by atoms with Crippen LogP contribution in [0, 0.1) is 0 Å². The van der Waals surface area contributed by atoms with Crippen LogP contribution in [-0.2, 0) is 11.3 Å². The zero-order valence-corrected chi connectivity index (χ0v) is 22.7. The number of hydrogen-bond donors (Lipinski definition) is 2. The number of carbonyl (C=O) groups excluding carboxylic acids is 1. The van der Waals surface area contributed by atoms with Crippen LogP contribution in [0.3, 0.4) is 0 Å². The van der Waals surface area contributed by atoms with Gasteiger partial charge in [0.25, 0.3) is 0 Å². The second-order valence-corrected chi connectivity index (χ2v) is 11.4. The molecule has 2 aromatic rings. The molecule has 9 heteroatoms. The summed E-state index contributed by atoms with van der Waals surface area (Å²) in [6.45, 7) is 10.6. The number of amides is 1. The van der Waals surface area contributed by atoms with E-state index in [9.17, 15) is 4.79 Å². The van der Waals surface area contributed by atoms with Crippen LogP contribution in [0.15, 0.2) is 30.6 Å². The molecular formula is C29H40N8O. The van der Waals surface area contributed by atoms with E-state index in [1.807, 2.05) is 30.6 Å². The van der Waals surface area contributed by atoms with E-state index in [0.717, 1.165) is 62.8 Å². The molecule has 0 bridgehead atoms. The maximum atomic E-state index is 12.8. The molecule has 1 aliphatic carbocycles. The highest BCUT2D eigenvalue weighted by Gasteiger charge is 2.49. The second kappa shape index (κ2) is 10.6. The zero-order valence-electron chi connectivity index (χ0n) is 22.7. The molecule has 38 heavy (non-hydrogen) atoms. The van der Waals surface area contributed by atoms with Gasteiger partial charge in [0.1, 0.15) is 17.7 Å². The molecule has 5 heterocycles. The molecule has 1 amide bonds. The number of anilines is 3. The number of rotatable bonds is 6. The maximum absolute atomic E-state index is 12.8. The Kier molecular flexibility index (Phi) is 7.05. The van der Waals surface area contributed by atoms with Crippen molar-refractivity contribution < 1.29 is 4.79 Å². The van der Waals surface area contributed by atoms with E-state index < -0.39 is 0 Å². The van der Waals surface area contributed by atoms with E-state index in [-0.39, 0.29) is 17.5 Å². The fourth-order valence-electron chi connectivity index (χ4n) is 6.54.